The molecule has 3 N–H and O–H groups in total. The van der Waals surface area contributed by atoms with Crippen molar-refractivity contribution in [3.05, 3.63) is 0 Å². The number of hydrogen-bond acceptors (Lipinski definition) is 4. The topological polar surface area (TPSA) is 56.6 Å². The SMILES string of the molecule is CCC(CC)(CCO)CNC1=NCCCN1.I. The van der Waals surface area contributed by atoms with Gasteiger partial charge in [-0.2, -0.15) is 0 Å². The summed E-state index contributed by atoms with van der Waals surface area (Å²) < 4.78 is 0. The predicted octanol–water partition coefficient (Wildman–Crippen LogP) is 1.73. The molecule has 0 aromatic carbocycles. The second-order valence-corrected chi connectivity index (χ2v) is 4.54. The van der Waals surface area contributed by atoms with E-state index in [0.29, 0.717) is 0 Å². The minimum Gasteiger partial charge on any atom is -0.396 e. The summed E-state index contributed by atoms with van der Waals surface area (Å²) in [6, 6.07) is 0. The molecule has 1 rings (SSSR count). The number of guanidine groups is 1. The molecule has 17 heavy (non-hydrogen) atoms. The second-order valence-electron chi connectivity index (χ2n) is 4.54. The monoisotopic (exact) mass is 355 g/mol. The minimum absolute atomic E-state index is 0. The third-order valence-corrected chi connectivity index (χ3v) is 3.67. The summed E-state index contributed by atoms with van der Waals surface area (Å²) in [7, 11) is 0. The van der Waals surface area contributed by atoms with Gasteiger partial charge in [-0.05, 0) is 31.1 Å². The van der Waals surface area contributed by atoms with Gasteiger partial charge in [-0.3, -0.25) is 4.99 Å². The van der Waals surface area contributed by atoms with Crippen molar-refractivity contribution in [1.82, 2.24) is 10.6 Å². The Hall–Kier alpha value is -0.0400. The molecule has 1 heterocycles. The van der Waals surface area contributed by atoms with Crippen molar-refractivity contribution in [2.24, 2.45) is 10.4 Å². The molecule has 0 atom stereocenters. The van der Waals surface area contributed by atoms with Crippen LogP contribution in [0.5, 0.6) is 0 Å². The first-order valence-electron chi connectivity index (χ1n) is 6.39. The fraction of sp³-hybridized carbons (Fsp3) is 0.917. The van der Waals surface area contributed by atoms with Crippen LogP contribution in [-0.4, -0.2) is 37.3 Å². The zero-order chi connectivity index (χ0) is 11.9. The average molecular weight is 355 g/mol. The highest BCUT2D eigenvalue weighted by molar-refractivity contribution is 14.0. The molecule has 0 aromatic rings. The molecule has 0 spiro atoms. The van der Waals surface area contributed by atoms with Crippen molar-refractivity contribution < 1.29 is 5.11 Å². The summed E-state index contributed by atoms with van der Waals surface area (Å²) in [5.74, 6) is 0.926. The summed E-state index contributed by atoms with van der Waals surface area (Å²) in [6.07, 6.45) is 4.16. The van der Waals surface area contributed by atoms with Gasteiger partial charge >= 0.3 is 0 Å². The van der Waals surface area contributed by atoms with Gasteiger partial charge in [0.1, 0.15) is 0 Å². The Balaban J connectivity index is 0.00000256. The lowest BCUT2D eigenvalue weighted by atomic mass is 9.79. The Morgan fingerprint density at radius 3 is 2.59 bits per heavy atom. The van der Waals surface area contributed by atoms with Crippen molar-refractivity contribution >= 4 is 29.9 Å². The number of aliphatic hydroxyl groups excluding tert-OH is 1. The van der Waals surface area contributed by atoms with E-state index in [4.69, 9.17) is 5.11 Å². The first-order valence-corrected chi connectivity index (χ1v) is 6.39. The Morgan fingerprint density at radius 1 is 1.41 bits per heavy atom. The zero-order valence-corrected chi connectivity index (χ0v) is 13.3. The first kappa shape index (κ1) is 17.0. The molecular weight excluding hydrogens is 329 g/mol. The van der Waals surface area contributed by atoms with E-state index in [9.17, 15) is 0 Å². The number of nitrogens with one attached hydrogen (secondary N) is 2. The van der Waals surface area contributed by atoms with Crippen LogP contribution in [0.2, 0.25) is 0 Å². The van der Waals surface area contributed by atoms with Gasteiger partial charge in [0, 0.05) is 26.2 Å². The van der Waals surface area contributed by atoms with Gasteiger partial charge in [-0.25, -0.2) is 0 Å². The van der Waals surface area contributed by atoms with Crippen LogP contribution >= 0.6 is 24.0 Å². The highest BCUT2D eigenvalue weighted by Crippen LogP contribution is 2.29. The average Bonchev–Trinajstić information content (AvgIpc) is 2.36. The number of aliphatic hydroxyl groups is 1. The maximum atomic E-state index is 9.13. The molecule has 0 saturated carbocycles. The maximum Gasteiger partial charge on any atom is 0.191 e. The van der Waals surface area contributed by atoms with E-state index in [1.54, 1.807) is 0 Å². The molecule has 0 fully saturated rings. The van der Waals surface area contributed by atoms with Crippen molar-refractivity contribution in [1.29, 1.82) is 0 Å². The lowest BCUT2D eigenvalue weighted by Gasteiger charge is -2.32. The van der Waals surface area contributed by atoms with Gasteiger partial charge < -0.3 is 15.7 Å². The lowest BCUT2D eigenvalue weighted by Crippen LogP contribution is -2.45. The molecule has 102 valence electrons. The van der Waals surface area contributed by atoms with E-state index in [0.717, 1.165) is 51.3 Å². The molecule has 0 aromatic heterocycles. The third kappa shape index (κ3) is 5.42. The van der Waals surface area contributed by atoms with Crippen LogP contribution in [0.4, 0.5) is 0 Å². The minimum atomic E-state index is 0. The fourth-order valence-corrected chi connectivity index (χ4v) is 2.10. The lowest BCUT2D eigenvalue weighted by molar-refractivity contribution is 0.169. The van der Waals surface area contributed by atoms with Crippen LogP contribution in [0.15, 0.2) is 4.99 Å². The smallest absolute Gasteiger partial charge is 0.191 e. The maximum absolute atomic E-state index is 9.13. The summed E-state index contributed by atoms with van der Waals surface area (Å²) >= 11 is 0. The van der Waals surface area contributed by atoms with E-state index in [-0.39, 0.29) is 36.0 Å². The van der Waals surface area contributed by atoms with E-state index >= 15 is 0 Å². The van der Waals surface area contributed by atoms with Crippen molar-refractivity contribution in [2.75, 3.05) is 26.2 Å². The number of nitrogens with zero attached hydrogens (tertiary/aromatic N) is 1. The Kier molecular flexibility index (Phi) is 8.94. The summed E-state index contributed by atoms with van der Waals surface area (Å²) in [4.78, 5) is 4.39. The Bertz CT molecular complexity index is 230. The number of aliphatic imine (C=N–C) groups is 1. The molecule has 1 aliphatic rings. The number of halogens is 1. The summed E-state index contributed by atoms with van der Waals surface area (Å²) in [5.41, 5.74) is 0.205. The zero-order valence-electron chi connectivity index (χ0n) is 11.0. The second kappa shape index (κ2) is 8.97. The Labute approximate surface area is 122 Å². The van der Waals surface area contributed by atoms with Crippen LogP contribution < -0.4 is 10.6 Å². The summed E-state index contributed by atoms with van der Waals surface area (Å²) in [5, 5.41) is 15.8. The van der Waals surface area contributed by atoms with Crippen LogP contribution in [0.25, 0.3) is 0 Å². The van der Waals surface area contributed by atoms with E-state index in [1.165, 1.54) is 0 Å². The number of hydrogen-bond donors (Lipinski definition) is 3. The van der Waals surface area contributed by atoms with E-state index in [2.05, 4.69) is 29.5 Å². The molecular formula is C12H26IN3O. The highest BCUT2D eigenvalue weighted by atomic mass is 127. The van der Waals surface area contributed by atoms with Gasteiger partial charge in [-0.1, -0.05) is 13.8 Å². The molecule has 4 nitrogen and oxygen atoms in total. The quantitative estimate of drug-likeness (QED) is 0.636. The molecule has 5 heteroatoms. The number of rotatable bonds is 6. The van der Waals surface area contributed by atoms with Gasteiger partial charge in [-0.15, -0.1) is 24.0 Å². The van der Waals surface area contributed by atoms with E-state index in [1.807, 2.05) is 0 Å². The van der Waals surface area contributed by atoms with E-state index < -0.39 is 0 Å². The molecule has 0 aliphatic carbocycles. The standard InChI is InChI=1S/C12H25N3O.HI/c1-3-12(4-2,6-9-16)10-15-11-13-7-5-8-14-11;/h16H,3-10H2,1-2H3,(H2,13,14,15);1H. The molecule has 0 amide bonds. The molecule has 0 saturated heterocycles. The van der Waals surface area contributed by atoms with Crippen LogP contribution in [0.3, 0.4) is 0 Å². The first-order chi connectivity index (χ1) is 7.76. The van der Waals surface area contributed by atoms with Gasteiger partial charge in [0.05, 0.1) is 0 Å². The van der Waals surface area contributed by atoms with Crippen LogP contribution in [0, 0.1) is 5.41 Å². The predicted molar refractivity (Wildman–Crippen MR) is 83.1 cm³/mol. The van der Waals surface area contributed by atoms with Crippen molar-refractivity contribution in [2.45, 2.75) is 39.5 Å². The van der Waals surface area contributed by atoms with Gasteiger partial charge in [0.15, 0.2) is 5.96 Å². The summed E-state index contributed by atoms with van der Waals surface area (Å²) in [6.45, 7) is 7.47. The van der Waals surface area contributed by atoms with Crippen LogP contribution in [-0.2, 0) is 0 Å². The van der Waals surface area contributed by atoms with Gasteiger partial charge in [0.2, 0.25) is 0 Å². The normalized spacial score (nSPS) is 15.6. The highest BCUT2D eigenvalue weighted by Gasteiger charge is 2.25. The fourth-order valence-electron chi connectivity index (χ4n) is 2.10. The van der Waals surface area contributed by atoms with Crippen molar-refractivity contribution in [3.63, 3.8) is 0 Å². The molecule has 0 bridgehead atoms. The molecule has 0 radical (unpaired) electrons. The largest absolute Gasteiger partial charge is 0.396 e. The van der Waals surface area contributed by atoms with Crippen molar-refractivity contribution in [3.8, 4) is 0 Å². The molecule has 1 aliphatic heterocycles. The Morgan fingerprint density at radius 2 is 2.12 bits per heavy atom. The van der Waals surface area contributed by atoms with Gasteiger partial charge in [0.25, 0.3) is 0 Å². The van der Waals surface area contributed by atoms with Crippen LogP contribution in [0.1, 0.15) is 39.5 Å². The third-order valence-electron chi connectivity index (χ3n) is 3.67. The molecule has 0 unspecified atom stereocenters.